The number of nitrogens with one attached hydrogen (secondary N) is 1. The minimum Gasteiger partial charge on any atom is -0.381 e. The molecule has 0 aromatic heterocycles. The van der Waals surface area contributed by atoms with Crippen molar-refractivity contribution in [1.82, 2.24) is 10.2 Å². The number of hydrogen-bond acceptors (Lipinski definition) is 3. The van der Waals surface area contributed by atoms with Gasteiger partial charge in [-0.1, -0.05) is 0 Å². The monoisotopic (exact) mass is 184 g/mol. The largest absolute Gasteiger partial charge is 0.381 e. The quantitative estimate of drug-likeness (QED) is 0.586. The molecule has 0 radical (unpaired) electrons. The van der Waals surface area contributed by atoms with Crippen LogP contribution >= 0.6 is 0 Å². The molecule has 0 saturated carbocycles. The molecule has 0 spiro atoms. The van der Waals surface area contributed by atoms with Gasteiger partial charge in [0.25, 0.3) is 0 Å². The van der Waals surface area contributed by atoms with Crippen LogP contribution in [0.25, 0.3) is 0 Å². The molecule has 2 rings (SSSR count). The van der Waals surface area contributed by atoms with Crippen LogP contribution < -0.4 is 5.32 Å². The highest BCUT2D eigenvalue weighted by Crippen LogP contribution is 2.22. The van der Waals surface area contributed by atoms with Crippen molar-refractivity contribution in [3.8, 4) is 0 Å². The molecule has 76 valence electrons. The van der Waals surface area contributed by atoms with Crippen LogP contribution in [0.5, 0.6) is 0 Å². The molecule has 2 heterocycles. The number of ether oxygens (including phenoxy) is 1. The number of rotatable bonds is 0. The van der Waals surface area contributed by atoms with Crippen molar-refractivity contribution in [3.05, 3.63) is 0 Å². The third-order valence-corrected chi connectivity index (χ3v) is 3.59. The van der Waals surface area contributed by atoms with Crippen LogP contribution in [0.15, 0.2) is 0 Å². The van der Waals surface area contributed by atoms with Gasteiger partial charge in [-0.25, -0.2) is 0 Å². The zero-order valence-corrected chi connectivity index (χ0v) is 8.62. The molecule has 0 bridgehead atoms. The molecule has 1 unspecified atom stereocenters. The summed E-state index contributed by atoms with van der Waals surface area (Å²) in [5.74, 6) is 0.682. The van der Waals surface area contributed by atoms with Crippen LogP contribution in [0, 0.1) is 5.92 Å². The second-order valence-corrected chi connectivity index (χ2v) is 4.31. The number of fused-ring (bicyclic) bond motifs is 1. The summed E-state index contributed by atoms with van der Waals surface area (Å²) in [6.07, 6.45) is 1.18. The minimum absolute atomic E-state index is 0.653. The van der Waals surface area contributed by atoms with E-state index in [1.807, 2.05) is 0 Å². The predicted molar refractivity (Wildman–Crippen MR) is 52.8 cm³/mol. The van der Waals surface area contributed by atoms with Crippen molar-refractivity contribution in [2.75, 3.05) is 33.4 Å². The van der Waals surface area contributed by atoms with Gasteiger partial charge in [-0.3, -0.25) is 0 Å². The maximum Gasteiger partial charge on any atom is 0.0524 e. The molecule has 1 N–H and O–H groups in total. The average molecular weight is 184 g/mol. The summed E-state index contributed by atoms with van der Waals surface area (Å²) >= 11 is 0. The first kappa shape index (κ1) is 9.44. The Morgan fingerprint density at radius 2 is 2.31 bits per heavy atom. The first-order valence-corrected chi connectivity index (χ1v) is 5.30. The van der Waals surface area contributed by atoms with E-state index in [2.05, 4.69) is 24.2 Å². The number of nitrogens with zero attached hydrogens (tertiary/aromatic N) is 1. The molecule has 3 heteroatoms. The van der Waals surface area contributed by atoms with Crippen LogP contribution in [-0.4, -0.2) is 50.3 Å². The van der Waals surface area contributed by atoms with Crippen molar-refractivity contribution in [3.63, 3.8) is 0 Å². The molecule has 2 aliphatic rings. The van der Waals surface area contributed by atoms with Gasteiger partial charge in [0.05, 0.1) is 6.61 Å². The summed E-state index contributed by atoms with van der Waals surface area (Å²) < 4.78 is 5.55. The summed E-state index contributed by atoms with van der Waals surface area (Å²) in [5, 5.41) is 3.62. The topological polar surface area (TPSA) is 24.5 Å². The normalized spacial score (nSPS) is 42.5. The molecule has 3 nitrogen and oxygen atoms in total. The highest BCUT2D eigenvalue weighted by molar-refractivity contribution is 4.89. The highest BCUT2D eigenvalue weighted by atomic mass is 16.5. The lowest BCUT2D eigenvalue weighted by molar-refractivity contribution is 0.00991. The SMILES string of the molecule is C[C@H]1[C@@H]2COCCC2NCCN1C. The molecule has 2 fully saturated rings. The molecular formula is C10H20N2O. The van der Waals surface area contributed by atoms with Gasteiger partial charge in [0, 0.05) is 37.7 Å². The van der Waals surface area contributed by atoms with E-state index in [1.54, 1.807) is 0 Å². The first-order chi connectivity index (χ1) is 6.29. The van der Waals surface area contributed by atoms with E-state index in [0.717, 1.165) is 26.3 Å². The van der Waals surface area contributed by atoms with Crippen molar-refractivity contribution in [1.29, 1.82) is 0 Å². The minimum atomic E-state index is 0.653. The average Bonchev–Trinajstić information content (AvgIpc) is 2.29. The molecule has 0 aliphatic carbocycles. The number of likely N-dealkylation sites (N-methyl/N-ethyl adjacent to an activating group) is 1. The predicted octanol–water partition coefficient (Wildman–Crippen LogP) is 0.315. The number of hydrogen-bond donors (Lipinski definition) is 1. The van der Waals surface area contributed by atoms with E-state index in [9.17, 15) is 0 Å². The Labute approximate surface area is 80.4 Å². The Morgan fingerprint density at radius 3 is 3.15 bits per heavy atom. The van der Waals surface area contributed by atoms with E-state index in [4.69, 9.17) is 4.74 Å². The van der Waals surface area contributed by atoms with Gasteiger partial charge < -0.3 is 15.0 Å². The van der Waals surface area contributed by atoms with Crippen LogP contribution in [0.1, 0.15) is 13.3 Å². The zero-order chi connectivity index (χ0) is 9.26. The Hall–Kier alpha value is -0.120. The van der Waals surface area contributed by atoms with Crippen LogP contribution in [0.2, 0.25) is 0 Å². The third kappa shape index (κ3) is 1.87. The van der Waals surface area contributed by atoms with Crippen molar-refractivity contribution in [2.24, 2.45) is 5.92 Å². The van der Waals surface area contributed by atoms with E-state index < -0.39 is 0 Å². The second kappa shape index (κ2) is 3.95. The van der Waals surface area contributed by atoms with Crippen LogP contribution in [-0.2, 0) is 4.74 Å². The molecule has 2 saturated heterocycles. The van der Waals surface area contributed by atoms with Gasteiger partial charge in [0.1, 0.15) is 0 Å². The van der Waals surface area contributed by atoms with Gasteiger partial charge in [-0.15, -0.1) is 0 Å². The van der Waals surface area contributed by atoms with Gasteiger partial charge >= 0.3 is 0 Å². The van der Waals surface area contributed by atoms with Crippen LogP contribution in [0.3, 0.4) is 0 Å². The molecule has 0 aromatic carbocycles. The molecule has 2 aliphatic heterocycles. The summed E-state index contributed by atoms with van der Waals surface area (Å²) in [6.45, 7) is 6.48. The van der Waals surface area contributed by atoms with E-state index in [0.29, 0.717) is 18.0 Å². The van der Waals surface area contributed by atoms with Gasteiger partial charge in [0.2, 0.25) is 0 Å². The Bertz CT molecular complexity index is 172. The molecule has 0 amide bonds. The zero-order valence-electron chi connectivity index (χ0n) is 8.62. The van der Waals surface area contributed by atoms with Gasteiger partial charge in [0.15, 0.2) is 0 Å². The van der Waals surface area contributed by atoms with Gasteiger partial charge in [-0.2, -0.15) is 0 Å². The van der Waals surface area contributed by atoms with E-state index >= 15 is 0 Å². The summed E-state index contributed by atoms with van der Waals surface area (Å²) in [7, 11) is 2.21. The lowest BCUT2D eigenvalue weighted by Crippen LogP contribution is -2.47. The standard InChI is InChI=1S/C10H20N2O/c1-8-9-7-13-6-3-10(9)11-4-5-12(8)2/h8-11H,3-7H2,1-2H3/t8-,9-,10?/m0/s1. The molecule has 0 aromatic rings. The lowest BCUT2D eigenvalue weighted by Gasteiger charge is -2.36. The van der Waals surface area contributed by atoms with Gasteiger partial charge in [-0.05, 0) is 20.4 Å². The molecular weight excluding hydrogens is 164 g/mol. The Balaban J connectivity index is 2.06. The maximum atomic E-state index is 5.55. The highest BCUT2D eigenvalue weighted by Gasteiger charge is 2.33. The summed E-state index contributed by atoms with van der Waals surface area (Å²) in [6, 6.07) is 1.34. The third-order valence-electron chi connectivity index (χ3n) is 3.59. The fourth-order valence-electron chi connectivity index (χ4n) is 2.45. The van der Waals surface area contributed by atoms with Crippen molar-refractivity contribution < 1.29 is 4.74 Å². The lowest BCUT2D eigenvalue weighted by atomic mass is 9.89. The Kier molecular flexibility index (Phi) is 2.86. The molecule has 13 heavy (non-hydrogen) atoms. The van der Waals surface area contributed by atoms with Crippen molar-refractivity contribution >= 4 is 0 Å². The van der Waals surface area contributed by atoms with E-state index in [1.165, 1.54) is 6.42 Å². The van der Waals surface area contributed by atoms with E-state index in [-0.39, 0.29) is 0 Å². The second-order valence-electron chi connectivity index (χ2n) is 4.31. The fourth-order valence-corrected chi connectivity index (χ4v) is 2.45. The van der Waals surface area contributed by atoms with Crippen molar-refractivity contribution in [2.45, 2.75) is 25.4 Å². The maximum absolute atomic E-state index is 5.55. The first-order valence-electron chi connectivity index (χ1n) is 5.30. The smallest absolute Gasteiger partial charge is 0.0524 e. The Morgan fingerprint density at radius 1 is 1.46 bits per heavy atom. The molecule has 3 atom stereocenters. The summed E-state index contributed by atoms with van der Waals surface area (Å²) in [5.41, 5.74) is 0. The van der Waals surface area contributed by atoms with Crippen LogP contribution in [0.4, 0.5) is 0 Å². The fraction of sp³-hybridized carbons (Fsp3) is 1.00. The summed E-state index contributed by atoms with van der Waals surface area (Å²) in [4.78, 5) is 2.44.